The Morgan fingerprint density at radius 3 is 2.53 bits per heavy atom. The van der Waals surface area contributed by atoms with Gasteiger partial charge in [-0.15, -0.1) is 0 Å². The van der Waals surface area contributed by atoms with Gasteiger partial charge in [0.1, 0.15) is 6.04 Å². The molecule has 91 valence electrons. The Labute approximate surface area is 96.8 Å². The maximum absolute atomic E-state index is 12.7. The summed E-state index contributed by atoms with van der Waals surface area (Å²) >= 11 is 0. The first kappa shape index (κ1) is 12.2. The normalized spacial score (nSPS) is 20.7. The van der Waals surface area contributed by atoms with E-state index < -0.39 is 12.2 Å². The first-order valence-corrected chi connectivity index (χ1v) is 5.15. The third-order valence-electron chi connectivity index (χ3n) is 2.69. The molecule has 0 aliphatic carbocycles. The molecular weight excluding hydrogens is 234 g/mol. The quantitative estimate of drug-likeness (QED) is 0.757. The molecule has 8 heteroatoms. The van der Waals surface area contributed by atoms with E-state index in [0.717, 1.165) is 12.4 Å². The van der Waals surface area contributed by atoms with Crippen molar-refractivity contribution in [2.24, 2.45) is 0 Å². The van der Waals surface area contributed by atoms with Crippen LogP contribution in [0.3, 0.4) is 0 Å². The van der Waals surface area contributed by atoms with E-state index in [9.17, 15) is 13.2 Å². The minimum Gasteiger partial charge on any atom is -0.450 e. The van der Waals surface area contributed by atoms with Gasteiger partial charge in [-0.1, -0.05) is 0 Å². The maximum atomic E-state index is 12.7. The van der Waals surface area contributed by atoms with Gasteiger partial charge in [-0.3, -0.25) is 0 Å². The van der Waals surface area contributed by atoms with Gasteiger partial charge in [-0.05, 0) is 18.3 Å². The van der Waals surface area contributed by atoms with E-state index >= 15 is 0 Å². The fourth-order valence-corrected chi connectivity index (χ4v) is 1.89. The highest BCUT2D eigenvalue weighted by molar-refractivity contribution is 6.45. The van der Waals surface area contributed by atoms with E-state index in [1.165, 1.54) is 12.4 Å². The number of halogens is 3. The Morgan fingerprint density at radius 1 is 1.35 bits per heavy atom. The van der Waals surface area contributed by atoms with Crippen LogP contribution in [0.2, 0.25) is 0 Å². The topological polar surface area (TPSA) is 49.3 Å². The van der Waals surface area contributed by atoms with Crippen molar-refractivity contribution in [1.29, 1.82) is 0 Å². The zero-order chi connectivity index (χ0) is 12.5. The molecule has 1 aromatic rings. The van der Waals surface area contributed by atoms with Crippen LogP contribution in [0.25, 0.3) is 0 Å². The second-order valence-electron chi connectivity index (χ2n) is 3.84. The minimum absolute atomic E-state index is 0.0513. The average Bonchev–Trinajstić information content (AvgIpc) is 2.78. The van der Waals surface area contributed by atoms with Crippen LogP contribution in [-0.4, -0.2) is 41.2 Å². The van der Waals surface area contributed by atoms with Crippen LogP contribution < -0.4 is 10.4 Å². The summed E-state index contributed by atoms with van der Waals surface area (Å²) in [5.41, 5.74) is 0.358. The van der Waals surface area contributed by atoms with E-state index in [4.69, 9.17) is 5.02 Å². The second kappa shape index (κ2) is 4.52. The van der Waals surface area contributed by atoms with Crippen molar-refractivity contribution in [2.45, 2.75) is 25.1 Å². The van der Waals surface area contributed by atoms with Gasteiger partial charge in [-0.25, -0.2) is 9.97 Å². The monoisotopic (exact) mass is 244 g/mol. The lowest BCUT2D eigenvalue weighted by molar-refractivity contribution is -0.146. The van der Waals surface area contributed by atoms with Gasteiger partial charge < -0.3 is 9.92 Å². The molecule has 0 bridgehead atoms. The molecule has 1 aliphatic heterocycles. The van der Waals surface area contributed by atoms with Gasteiger partial charge >= 0.3 is 13.7 Å². The molecule has 0 spiro atoms. The second-order valence-corrected chi connectivity index (χ2v) is 3.84. The summed E-state index contributed by atoms with van der Waals surface area (Å²) < 4.78 is 38.1. The predicted octanol–water partition coefficient (Wildman–Crippen LogP) is 0.244. The number of anilines is 1. The minimum atomic E-state index is -4.26. The lowest BCUT2D eigenvalue weighted by Gasteiger charge is -2.26. The Kier molecular flexibility index (Phi) is 3.23. The summed E-state index contributed by atoms with van der Waals surface area (Å²) in [4.78, 5) is 8.79. The average molecular weight is 244 g/mol. The fraction of sp³-hybridized carbons (Fsp3) is 0.556. The zero-order valence-electron chi connectivity index (χ0n) is 8.85. The molecule has 1 aromatic heterocycles. The number of alkyl halides is 3. The summed E-state index contributed by atoms with van der Waals surface area (Å²) in [6, 6.07) is -1.51. The Bertz CT molecular complexity index is 384. The molecule has 2 rings (SSSR count). The van der Waals surface area contributed by atoms with Crippen LogP contribution in [0.1, 0.15) is 12.8 Å². The molecule has 1 radical (unpaired) electrons. The third kappa shape index (κ3) is 2.51. The molecule has 1 atom stereocenters. The Balaban J connectivity index is 2.20. The van der Waals surface area contributed by atoms with Crippen molar-refractivity contribution >= 4 is 18.9 Å². The zero-order valence-corrected chi connectivity index (χ0v) is 8.85. The highest BCUT2D eigenvalue weighted by Gasteiger charge is 2.46. The van der Waals surface area contributed by atoms with E-state index in [2.05, 4.69) is 9.97 Å². The SMILES string of the molecule is O[B]c1cnc(N2CCCC2C(F)(F)F)nc1. The Morgan fingerprint density at radius 2 is 2.00 bits per heavy atom. The number of aromatic nitrogens is 2. The first-order chi connectivity index (χ1) is 8.02. The molecule has 17 heavy (non-hydrogen) atoms. The lowest BCUT2D eigenvalue weighted by Crippen LogP contribution is -2.42. The molecule has 1 saturated heterocycles. The van der Waals surface area contributed by atoms with Gasteiger partial charge in [-0.2, -0.15) is 13.2 Å². The van der Waals surface area contributed by atoms with Crippen LogP contribution in [0, 0.1) is 0 Å². The van der Waals surface area contributed by atoms with Gasteiger partial charge in [0.25, 0.3) is 0 Å². The van der Waals surface area contributed by atoms with E-state index in [-0.39, 0.29) is 12.4 Å². The molecule has 4 nitrogen and oxygen atoms in total. The predicted molar refractivity (Wildman–Crippen MR) is 56.1 cm³/mol. The van der Waals surface area contributed by atoms with Gasteiger partial charge in [0.05, 0.1) is 0 Å². The molecule has 1 unspecified atom stereocenters. The third-order valence-corrected chi connectivity index (χ3v) is 2.69. The van der Waals surface area contributed by atoms with Crippen molar-refractivity contribution in [3.8, 4) is 0 Å². The molecule has 1 N–H and O–H groups in total. The maximum Gasteiger partial charge on any atom is 0.408 e. The van der Waals surface area contributed by atoms with Crippen LogP contribution in [-0.2, 0) is 0 Å². The highest BCUT2D eigenvalue weighted by Crippen LogP contribution is 2.34. The summed E-state index contributed by atoms with van der Waals surface area (Å²) in [6.45, 7) is 0.298. The molecule has 0 amide bonds. The molecule has 0 saturated carbocycles. The standard InChI is InChI=1S/C9H10BF3N3O/c11-9(12,13)7-2-1-3-16(7)8-14-4-6(10-17)5-15-8/h4-5,7,17H,1-3H2. The summed E-state index contributed by atoms with van der Waals surface area (Å²) in [5, 5.41) is 8.68. The highest BCUT2D eigenvalue weighted by atomic mass is 19.4. The van der Waals surface area contributed by atoms with Crippen molar-refractivity contribution in [3.63, 3.8) is 0 Å². The first-order valence-electron chi connectivity index (χ1n) is 5.15. The summed E-state index contributed by atoms with van der Waals surface area (Å²) in [7, 11) is 0.801. The van der Waals surface area contributed by atoms with Crippen molar-refractivity contribution in [1.82, 2.24) is 9.97 Å². The molecule has 2 heterocycles. The van der Waals surface area contributed by atoms with Gasteiger partial charge in [0, 0.05) is 18.9 Å². The summed E-state index contributed by atoms with van der Waals surface area (Å²) in [6.07, 6.45) is -1.15. The van der Waals surface area contributed by atoms with Crippen LogP contribution in [0.4, 0.5) is 19.1 Å². The lowest BCUT2D eigenvalue weighted by atomic mass is 9.92. The van der Waals surface area contributed by atoms with E-state index in [1.807, 2.05) is 0 Å². The van der Waals surface area contributed by atoms with Crippen LogP contribution >= 0.6 is 0 Å². The van der Waals surface area contributed by atoms with Crippen molar-refractivity contribution in [3.05, 3.63) is 12.4 Å². The number of nitrogens with zero attached hydrogens (tertiary/aromatic N) is 3. The van der Waals surface area contributed by atoms with Gasteiger partial charge in [0.2, 0.25) is 5.95 Å². The fourth-order valence-electron chi connectivity index (χ4n) is 1.89. The van der Waals surface area contributed by atoms with Crippen LogP contribution in [0.15, 0.2) is 12.4 Å². The molecule has 0 aromatic carbocycles. The summed E-state index contributed by atoms with van der Waals surface area (Å²) in [5.74, 6) is 0.0513. The van der Waals surface area contributed by atoms with Crippen molar-refractivity contribution in [2.75, 3.05) is 11.4 Å². The van der Waals surface area contributed by atoms with Gasteiger partial charge in [0.15, 0.2) is 0 Å². The van der Waals surface area contributed by atoms with E-state index in [1.54, 1.807) is 0 Å². The van der Waals surface area contributed by atoms with Crippen LogP contribution in [0.5, 0.6) is 0 Å². The Hall–Kier alpha value is -1.31. The smallest absolute Gasteiger partial charge is 0.408 e. The number of rotatable bonds is 2. The molecule has 1 fully saturated rings. The molecular formula is C9H10BF3N3O. The molecule has 1 aliphatic rings. The largest absolute Gasteiger partial charge is 0.450 e. The number of hydrogen-bond acceptors (Lipinski definition) is 4. The number of hydrogen-bond donors (Lipinski definition) is 1. The van der Waals surface area contributed by atoms with Crippen molar-refractivity contribution < 1.29 is 18.2 Å². The van der Waals surface area contributed by atoms with E-state index in [0.29, 0.717) is 18.4 Å².